The van der Waals surface area contributed by atoms with Gasteiger partial charge in [0.1, 0.15) is 12.4 Å². The summed E-state index contributed by atoms with van der Waals surface area (Å²) >= 11 is 0. The molecule has 1 amide bonds. The van der Waals surface area contributed by atoms with Crippen LogP contribution in [0, 0.1) is 0 Å². The largest absolute Gasteiger partial charge is 0.366 e. The molecule has 1 N–H and O–H groups in total. The lowest BCUT2D eigenvalue weighted by Crippen LogP contribution is -2.40. The summed E-state index contributed by atoms with van der Waals surface area (Å²) in [6.07, 6.45) is 2.70. The third kappa shape index (κ3) is 5.26. The van der Waals surface area contributed by atoms with Gasteiger partial charge in [0.25, 0.3) is 0 Å². The Morgan fingerprint density at radius 3 is 2.44 bits per heavy atom. The Balaban J connectivity index is 2.22. The van der Waals surface area contributed by atoms with E-state index in [-0.39, 0.29) is 24.2 Å². The van der Waals surface area contributed by atoms with E-state index in [4.69, 9.17) is 4.74 Å². The maximum Gasteiger partial charge on any atom is 0.246 e. The van der Waals surface area contributed by atoms with Crippen LogP contribution in [0.5, 0.6) is 0 Å². The number of Topliss-reactive ketones (excluding diaryl/α,β-unsaturated/α-hetero) is 1. The predicted molar refractivity (Wildman–Crippen MR) is 61.1 cm³/mol. The molecule has 0 unspecified atom stereocenters. The van der Waals surface area contributed by atoms with Crippen molar-refractivity contribution in [3.05, 3.63) is 0 Å². The number of ether oxygens (including phenoxy) is 1. The normalized spacial score (nSPS) is 18.6. The van der Waals surface area contributed by atoms with Gasteiger partial charge in [-0.3, -0.25) is 9.59 Å². The molecule has 1 saturated carbocycles. The lowest BCUT2D eigenvalue weighted by molar-refractivity contribution is -0.132. The van der Waals surface area contributed by atoms with Crippen molar-refractivity contribution in [3.63, 3.8) is 0 Å². The molecule has 1 rings (SSSR count). The first kappa shape index (κ1) is 13.2. The Bertz CT molecular complexity index is 258. The second-order valence-electron chi connectivity index (χ2n) is 5.28. The summed E-state index contributed by atoms with van der Waals surface area (Å²) in [5.74, 6) is 0.214. The zero-order valence-corrected chi connectivity index (χ0v) is 10.3. The molecule has 0 spiro atoms. The number of carbonyl (C=O) groups is 2. The summed E-state index contributed by atoms with van der Waals surface area (Å²) in [5, 5.41) is 2.90. The Kier molecular flexibility index (Phi) is 4.47. The number of hydrogen-bond acceptors (Lipinski definition) is 3. The molecule has 4 heteroatoms. The quantitative estimate of drug-likeness (QED) is 0.793. The number of carbonyl (C=O) groups excluding carboxylic acids is 2. The number of ketones is 1. The summed E-state index contributed by atoms with van der Waals surface area (Å²) in [5.41, 5.74) is -0.292. The van der Waals surface area contributed by atoms with E-state index in [2.05, 4.69) is 5.32 Å². The fourth-order valence-corrected chi connectivity index (χ4v) is 1.64. The van der Waals surface area contributed by atoms with Crippen LogP contribution in [-0.2, 0) is 14.3 Å². The lowest BCUT2D eigenvalue weighted by Gasteiger charge is -2.24. The van der Waals surface area contributed by atoms with Crippen molar-refractivity contribution in [2.24, 2.45) is 0 Å². The smallest absolute Gasteiger partial charge is 0.246 e. The Morgan fingerprint density at radius 1 is 1.38 bits per heavy atom. The average Bonchev–Trinajstić information content (AvgIpc) is 2.18. The highest BCUT2D eigenvalue weighted by Gasteiger charge is 2.21. The molecule has 4 nitrogen and oxygen atoms in total. The highest BCUT2D eigenvalue weighted by molar-refractivity contribution is 5.80. The molecule has 1 aliphatic carbocycles. The van der Waals surface area contributed by atoms with Crippen LogP contribution < -0.4 is 5.32 Å². The highest BCUT2D eigenvalue weighted by Crippen LogP contribution is 2.14. The van der Waals surface area contributed by atoms with Crippen LogP contribution in [-0.4, -0.2) is 29.9 Å². The van der Waals surface area contributed by atoms with Gasteiger partial charge in [0.05, 0.1) is 5.60 Å². The van der Waals surface area contributed by atoms with Gasteiger partial charge in [0, 0.05) is 18.9 Å². The fraction of sp³-hybridized carbons (Fsp3) is 0.833. The van der Waals surface area contributed by atoms with Crippen molar-refractivity contribution < 1.29 is 14.3 Å². The van der Waals surface area contributed by atoms with Crippen LogP contribution in [0.25, 0.3) is 0 Å². The first-order valence-corrected chi connectivity index (χ1v) is 5.82. The molecule has 1 fully saturated rings. The van der Waals surface area contributed by atoms with Gasteiger partial charge in [0.2, 0.25) is 5.91 Å². The van der Waals surface area contributed by atoms with Crippen LogP contribution in [0.15, 0.2) is 0 Å². The van der Waals surface area contributed by atoms with Crippen LogP contribution in [0.3, 0.4) is 0 Å². The molecule has 0 atom stereocenters. The average molecular weight is 227 g/mol. The summed E-state index contributed by atoms with van der Waals surface area (Å²) in [6, 6.07) is 0.147. The number of rotatable bonds is 3. The minimum Gasteiger partial charge on any atom is -0.366 e. The standard InChI is InChI=1S/C12H21NO3/c1-12(2,3)16-8-11(15)13-9-4-6-10(14)7-5-9/h9H,4-8H2,1-3H3,(H,13,15). The number of hydrogen-bond donors (Lipinski definition) is 1. The van der Waals surface area contributed by atoms with Crippen molar-refractivity contribution >= 4 is 11.7 Å². The van der Waals surface area contributed by atoms with E-state index < -0.39 is 0 Å². The van der Waals surface area contributed by atoms with Gasteiger partial charge in [0.15, 0.2) is 0 Å². The predicted octanol–water partition coefficient (Wildman–Crippen LogP) is 1.43. The molecule has 0 aromatic rings. The zero-order valence-electron chi connectivity index (χ0n) is 10.3. The molecule has 0 bridgehead atoms. The van der Waals surface area contributed by atoms with Gasteiger partial charge in [-0.15, -0.1) is 0 Å². The molecule has 0 aromatic heterocycles. The summed E-state index contributed by atoms with van der Waals surface area (Å²) < 4.78 is 5.37. The van der Waals surface area contributed by atoms with Crippen molar-refractivity contribution in [1.29, 1.82) is 0 Å². The summed E-state index contributed by atoms with van der Waals surface area (Å²) in [7, 11) is 0. The van der Waals surface area contributed by atoms with Crippen molar-refractivity contribution in [3.8, 4) is 0 Å². The second-order valence-corrected chi connectivity index (χ2v) is 5.28. The highest BCUT2D eigenvalue weighted by atomic mass is 16.5. The fourth-order valence-electron chi connectivity index (χ4n) is 1.64. The van der Waals surface area contributed by atoms with Crippen LogP contribution in [0.2, 0.25) is 0 Å². The third-order valence-corrected chi connectivity index (χ3v) is 2.54. The molecule has 1 aliphatic rings. The monoisotopic (exact) mass is 227 g/mol. The van der Waals surface area contributed by atoms with Gasteiger partial charge in [-0.05, 0) is 33.6 Å². The van der Waals surface area contributed by atoms with Crippen LogP contribution in [0.1, 0.15) is 46.5 Å². The maximum absolute atomic E-state index is 11.5. The minimum absolute atomic E-state index is 0.0886. The van der Waals surface area contributed by atoms with E-state index in [0.717, 1.165) is 12.8 Å². The number of nitrogens with one attached hydrogen (secondary N) is 1. The van der Waals surface area contributed by atoms with Crippen molar-refractivity contribution in [2.75, 3.05) is 6.61 Å². The van der Waals surface area contributed by atoms with Crippen LogP contribution in [0.4, 0.5) is 0 Å². The van der Waals surface area contributed by atoms with Gasteiger partial charge in [-0.1, -0.05) is 0 Å². The second kappa shape index (κ2) is 5.43. The Hall–Kier alpha value is -0.900. The van der Waals surface area contributed by atoms with Gasteiger partial charge >= 0.3 is 0 Å². The Morgan fingerprint density at radius 2 is 1.94 bits per heavy atom. The van der Waals surface area contributed by atoms with E-state index in [9.17, 15) is 9.59 Å². The molecule has 16 heavy (non-hydrogen) atoms. The number of amides is 1. The first-order chi connectivity index (χ1) is 7.37. The molecular weight excluding hydrogens is 206 g/mol. The molecule has 0 radical (unpaired) electrons. The third-order valence-electron chi connectivity index (χ3n) is 2.54. The maximum atomic E-state index is 11.5. The molecule has 0 aromatic carbocycles. The molecule has 0 heterocycles. The van der Waals surface area contributed by atoms with Crippen molar-refractivity contribution in [1.82, 2.24) is 5.32 Å². The van der Waals surface area contributed by atoms with Crippen LogP contribution >= 0.6 is 0 Å². The first-order valence-electron chi connectivity index (χ1n) is 5.82. The van der Waals surface area contributed by atoms with Gasteiger partial charge in [-0.2, -0.15) is 0 Å². The van der Waals surface area contributed by atoms with Gasteiger partial charge < -0.3 is 10.1 Å². The molecule has 92 valence electrons. The minimum atomic E-state index is -0.292. The Labute approximate surface area is 96.7 Å². The molecule has 0 saturated heterocycles. The van der Waals surface area contributed by atoms with E-state index >= 15 is 0 Å². The molecular formula is C12H21NO3. The van der Waals surface area contributed by atoms with Gasteiger partial charge in [-0.25, -0.2) is 0 Å². The van der Waals surface area contributed by atoms with E-state index in [1.165, 1.54) is 0 Å². The summed E-state index contributed by atoms with van der Waals surface area (Å²) in [6.45, 7) is 5.84. The lowest BCUT2D eigenvalue weighted by atomic mass is 9.94. The van der Waals surface area contributed by atoms with E-state index in [1.807, 2.05) is 20.8 Å². The SMILES string of the molecule is CC(C)(C)OCC(=O)NC1CCC(=O)CC1. The summed E-state index contributed by atoms with van der Waals surface area (Å²) in [4.78, 5) is 22.5. The zero-order chi connectivity index (χ0) is 12.2. The molecule has 0 aliphatic heterocycles. The van der Waals surface area contributed by atoms with E-state index in [0.29, 0.717) is 18.6 Å². The van der Waals surface area contributed by atoms with Crippen molar-refractivity contribution in [2.45, 2.75) is 58.1 Å². The topological polar surface area (TPSA) is 55.4 Å². The van der Waals surface area contributed by atoms with E-state index in [1.54, 1.807) is 0 Å².